The third-order valence-corrected chi connectivity index (χ3v) is 3.74. The number of halogens is 2. The van der Waals surface area contributed by atoms with Gasteiger partial charge in [-0.3, -0.25) is 14.3 Å². The average Bonchev–Trinajstić information content (AvgIpc) is 2.92. The van der Waals surface area contributed by atoms with Crippen LogP contribution in [0.4, 0.5) is 8.78 Å². The summed E-state index contributed by atoms with van der Waals surface area (Å²) in [4.78, 5) is 17.8. The molecule has 5 nitrogen and oxygen atoms in total. The molecule has 1 heterocycles. The number of hydrogen-bond donors (Lipinski definition) is 0. The fourth-order valence-corrected chi connectivity index (χ4v) is 2.56. The molecule has 0 saturated heterocycles. The van der Waals surface area contributed by atoms with Gasteiger partial charge in [0.05, 0.1) is 18.7 Å². The van der Waals surface area contributed by atoms with Crippen LogP contribution in [0, 0.1) is 6.92 Å². The molecule has 0 bridgehead atoms. The first-order chi connectivity index (χ1) is 11.3. The fraction of sp³-hybridized carbons (Fsp3) is 0.412. The Labute approximate surface area is 139 Å². The first kappa shape index (κ1) is 18.1. The van der Waals surface area contributed by atoms with E-state index in [0.29, 0.717) is 6.42 Å². The van der Waals surface area contributed by atoms with Gasteiger partial charge in [-0.15, -0.1) is 0 Å². The minimum Gasteiger partial charge on any atom is -0.275 e. The van der Waals surface area contributed by atoms with Crippen LogP contribution in [-0.2, 0) is 18.3 Å². The normalized spacial score (nSPS) is 12.5. The summed E-state index contributed by atoms with van der Waals surface area (Å²) in [5.41, 5.74) is 1.49. The van der Waals surface area contributed by atoms with Crippen molar-refractivity contribution in [3.05, 3.63) is 52.8 Å². The Morgan fingerprint density at radius 1 is 1.33 bits per heavy atom. The number of carbonyl (C=O) groups is 1. The van der Waals surface area contributed by atoms with E-state index in [1.54, 1.807) is 6.92 Å². The molecule has 0 spiro atoms. The Bertz CT molecular complexity index is 698. The quantitative estimate of drug-likeness (QED) is 0.760. The molecule has 1 atom stereocenters. The van der Waals surface area contributed by atoms with Gasteiger partial charge in [-0.2, -0.15) is 5.10 Å². The van der Waals surface area contributed by atoms with Crippen molar-refractivity contribution < 1.29 is 18.4 Å². The zero-order valence-electron chi connectivity index (χ0n) is 14.2. The van der Waals surface area contributed by atoms with Crippen molar-refractivity contribution in [2.24, 2.45) is 7.05 Å². The first-order valence-corrected chi connectivity index (χ1v) is 7.58. The molecule has 0 aliphatic rings. The highest BCUT2D eigenvalue weighted by atomic mass is 19.3. The maximum absolute atomic E-state index is 13.1. The number of hydroxylamine groups is 2. The molecule has 0 radical (unpaired) electrons. The average molecular weight is 337 g/mol. The van der Waals surface area contributed by atoms with Gasteiger partial charge in [0.25, 0.3) is 12.3 Å². The first-order valence-electron chi connectivity index (χ1n) is 7.58. The fourth-order valence-electron chi connectivity index (χ4n) is 2.56. The summed E-state index contributed by atoms with van der Waals surface area (Å²) in [5.74, 6) is -0.625. The minimum absolute atomic E-state index is 0.148. The van der Waals surface area contributed by atoms with Gasteiger partial charge in [-0.1, -0.05) is 29.8 Å². The Kier molecular flexibility index (Phi) is 5.66. The molecule has 0 aliphatic carbocycles. The second-order valence-electron chi connectivity index (χ2n) is 5.75. The van der Waals surface area contributed by atoms with Crippen molar-refractivity contribution in [3.63, 3.8) is 0 Å². The monoisotopic (exact) mass is 337 g/mol. The van der Waals surface area contributed by atoms with Gasteiger partial charge in [0, 0.05) is 13.2 Å². The molecule has 1 aromatic heterocycles. The van der Waals surface area contributed by atoms with Gasteiger partial charge in [0.2, 0.25) is 0 Å². The second-order valence-corrected chi connectivity index (χ2v) is 5.75. The SMILES string of the molecule is CON(C(=O)c1cn(C)nc1C(F)F)C(C)Cc1ccc(C)cc1. The van der Waals surface area contributed by atoms with Crippen molar-refractivity contribution in [2.45, 2.75) is 32.7 Å². The maximum atomic E-state index is 13.1. The predicted molar refractivity (Wildman–Crippen MR) is 85.7 cm³/mol. The van der Waals surface area contributed by atoms with Crippen LogP contribution in [-0.4, -0.2) is 33.9 Å². The lowest BCUT2D eigenvalue weighted by molar-refractivity contribution is -0.119. The lowest BCUT2D eigenvalue weighted by atomic mass is 10.0. The van der Waals surface area contributed by atoms with Crippen LogP contribution in [0.25, 0.3) is 0 Å². The van der Waals surface area contributed by atoms with E-state index >= 15 is 0 Å². The zero-order valence-corrected chi connectivity index (χ0v) is 14.2. The van der Waals surface area contributed by atoms with E-state index in [4.69, 9.17) is 4.84 Å². The molecule has 130 valence electrons. The molecule has 0 N–H and O–H groups in total. The van der Waals surface area contributed by atoms with Crippen molar-refractivity contribution >= 4 is 5.91 Å². The number of aryl methyl sites for hydroxylation is 2. The Hall–Kier alpha value is -2.28. The van der Waals surface area contributed by atoms with E-state index in [2.05, 4.69) is 5.10 Å². The molecule has 0 saturated carbocycles. The highest BCUT2D eigenvalue weighted by molar-refractivity contribution is 5.94. The van der Waals surface area contributed by atoms with Gasteiger partial charge in [0.1, 0.15) is 5.69 Å². The number of rotatable bonds is 6. The van der Waals surface area contributed by atoms with Crippen LogP contribution in [0.5, 0.6) is 0 Å². The summed E-state index contributed by atoms with van der Waals surface area (Å²) >= 11 is 0. The van der Waals surface area contributed by atoms with Crippen LogP contribution in [0.3, 0.4) is 0 Å². The molecule has 2 aromatic rings. The highest BCUT2D eigenvalue weighted by Crippen LogP contribution is 2.23. The minimum atomic E-state index is -2.82. The van der Waals surface area contributed by atoms with Gasteiger partial charge in [-0.25, -0.2) is 13.8 Å². The van der Waals surface area contributed by atoms with E-state index in [0.717, 1.165) is 16.2 Å². The lowest BCUT2D eigenvalue weighted by Crippen LogP contribution is -2.39. The van der Waals surface area contributed by atoms with Crippen LogP contribution in [0.2, 0.25) is 0 Å². The van der Waals surface area contributed by atoms with Gasteiger partial charge >= 0.3 is 0 Å². The van der Waals surface area contributed by atoms with Crippen molar-refractivity contribution in [2.75, 3.05) is 7.11 Å². The van der Waals surface area contributed by atoms with Crippen molar-refractivity contribution in [1.29, 1.82) is 0 Å². The van der Waals surface area contributed by atoms with E-state index in [-0.39, 0.29) is 11.6 Å². The Balaban J connectivity index is 2.20. The number of alkyl halides is 2. The lowest BCUT2D eigenvalue weighted by Gasteiger charge is -2.26. The summed E-state index contributed by atoms with van der Waals surface area (Å²) in [6.07, 6.45) is -0.991. The zero-order chi connectivity index (χ0) is 17.9. The summed E-state index contributed by atoms with van der Waals surface area (Å²) in [7, 11) is 2.84. The van der Waals surface area contributed by atoms with Crippen molar-refractivity contribution in [3.8, 4) is 0 Å². The molecule has 1 aromatic carbocycles. The van der Waals surface area contributed by atoms with Gasteiger partial charge in [0.15, 0.2) is 0 Å². The largest absolute Gasteiger partial charge is 0.282 e. The summed E-state index contributed by atoms with van der Waals surface area (Å²) in [5, 5.41) is 4.78. The number of hydrogen-bond acceptors (Lipinski definition) is 3. The highest BCUT2D eigenvalue weighted by Gasteiger charge is 2.29. The third-order valence-electron chi connectivity index (χ3n) is 3.74. The summed E-state index contributed by atoms with van der Waals surface area (Å²) in [6, 6.07) is 7.59. The number of aromatic nitrogens is 2. The smallest absolute Gasteiger partial charge is 0.275 e. The maximum Gasteiger partial charge on any atom is 0.282 e. The van der Waals surface area contributed by atoms with Gasteiger partial charge in [-0.05, 0) is 25.8 Å². The molecule has 2 rings (SSSR count). The Morgan fingerprint density at radius 2 is 1.96 bits per heavy atom. The molecular formula is C17H21F2N3O2. The van der Waals surface area contributed by atoms with Crippen molar-refractivity contribution in [1.82, 2.24) is 14.8 Å². The molecule has 1 unspecified atom stereocenters. The van der Waals surface area contributed by atoms with E-state index in [9.17, 15) is 13.6 Å². The van der Waals surface area contributed by atoms with Crippen LogP contribution in [0.1, 0.15) is 40.5 Å². The summed E-state index contributed by atoms with van der Waals surface area (Å²) < 4.78 is 27.3. The number of amides is 1. The van der Waals surface area contributed by atoms with Gasteiger partial charge < -0.3 is 0 Å². The number of carbonyl (C=O) groups excluding carboxylic acids is 1. The molecule has 7 heteroatoms. The summed E-state index contributed by atoms with van der Waals surface area (Å²) in [6.45, 7) is 3.80. The van der Waals surface area contributed by atoms with E-state index in [1.807, 2.05) is 31.2 Å². The second kappa shape index (κ2) is 7.53. The predicted octanol–water partition coefficient (Wildman–Crippen LogP) is 3.30. The molecule has 1 amide bonds. The van der Waals surface area contributed by atoms with Crippen LogP contribution < -0.4 is 0 Å². The van der Waals surface area contributed by atoms with Crippen LogP contribution in [0.15, 0.2) is 30.5 Å². The van der Waals surface area contributed by atoms with E-state index in [1.165, 1.54) is 25.0 Å². The number of nitrogens with zero attached hydrogens (tertiary/aromatic N) is 3. The molecular weight excluding hydrogens is 316 g/mol. The third kappa shape index (κ3) is 3.97. The number of benzene rings is 1. The van der Waals surface area contributed by atoms with E-state index < -0.39 is 18.0 Å². The molecule has 0 fully saturated rings. The molecule has 24 heavy (non-hydrogen) atoms. The topological polar surface area (TPSA) is 47.4 Å². The Morgan fingerprint density at radius 3 is 2.50 bits per heavy atom. The standard InChI is InChI=1S/C17H21F2N3O2/c1-11-5-7-13(8-6-11)9-12(2)22(24-4)17(23)14-10-21(3)20-15(14)16(18)19/h5-8,10,12,16H,9H2,1-4H3. The molecule has 0 aliphatic heterocycles. The van der Waals surface area contributed by atoms with Crippen LogP contribution >= 0.6 is 0 Å².